The molecule has 1 rings (SSSR count). The highest BCUT2D eigenvalue weighted by atomic mass is 35.5. The number of aliphatic carboxylic acids is 1. The number of hydrogen-bond acceptors (Lipinski definition) is 3. The van der Waals surface area contributed by atoms with Gasteiger partial charge in [-0.2, -0.15) is 0 Å². The minimum absolute atomic E-state index is 0.127. The molecule has 0 aromatic heterocycles. The smallest absolute Gasteiger partial charge is 0.328 e. The first-order chi connectivity index (χ1) is 7.93. The molecule has 0 spiro atoms. The molecule has 3 N–H and O–H groups in total. The third-order valence-corrected chi connectivity index (χ3v) is 2.35. The van der Waals surface area contributed by atoms with Crippen LogP contribution in [-0.4, -0.2) is 34.7 Å². The number of halogens is 2. The van der Waals surface area contributed by atoms with Crippen LogP contribution in [0.5, 0.6) is 0 Å². The molecule has 0 heterocycles. The number of amides is 1. The predicted octanol–water partition coefficient (Wildman–Crippen LogP) is 1.17. The fourth-order valence-electron chi connectivity index (χ4n) is 1.11. The van der Waals surface area contributed by atoms with Crippen LogP contribution >= 0.6 is 23.2 Å². The van der Waals surface area contributed by atoms with Gasteiger partial charge in [0.2, 0.25) is 0 Å². The molecule has 7 heteroatoms. The van der Waals surface area contributed by atoms with E-state index in [1.165, 1.54) is 18.2 Å². The lowest BCUT2D eigenvalue weighted by Crippen LogP contribution is -2.43. The molecule has 0 aliphatic carbocycles. The van der Waals surface area contributed by atoms with E-state index in [2.05, 4.69) is 5.32 Å². The number of aliphatic hydroxyl groups excluding tert-OH is 1. The fraction of sp³-hybridized carbons (Fsp3) is 0.200. The van der Waals surface area contributed by atoms with Crippen molar-refractivity contribution in [2.45, 2.75) is 6.04 Å². The Hall–Kier alpha value is -1.30. The monoisotopic (exact) mass is 277 g/mol. The fourth-order valence-corrected chi connectivity index (χ4v) is 1.64. The first-order valence-corrected chi connectivity index (χ1v) is 5.30. The number of carboxylic acid groups (broad SMARTS) is 1. The third kappa shape index (κ3) is 3.89. The summed E-state index contributed by atoms with van der Waals surface area (Å²) < 4.78 is 0. The molecule has 1 aromatic carbocycles. The van der Waals surface area contributed by atoms with Gasteiger partial charge in [0.25, 0.3) is 5.91 Å². The molecule has 0 unspecified atom stereocenters. The molecule has 17 heavy (non-hydrogen) atoms. The van der Waals surface area contributed by atoms with E-state index in [4.69, 9.17) is 33.4 Å². The molecule has 0 fully saturated rings. The van der Waals surface area contributed by atoms with Crippen LogP contribution in [0, 0.1) is 0 Å². The zero-order valence-corrected chi connectivity index (χ0v) is 10.00. The van der Waals surface area contributed by atoms with Crippen molar-refractivity contribution in [2.24, 2.45) is 0 Å². The maximum atomic E-state index is 11.6. The van der Waals surface area contributed by atoms with E-state index in [9.17, 15) is 9.59 Å². The molecule has 0 bridgehead atoms. The van der Waals surface area contributed by atoms with E-state index in [1.54, 1.807) is 0 Å². The second-order valence-corrected chi connectivity index (χ2v) is 4.08. The van der Waals surface area contributed by atoms with Gasteiger partial charge in [-0.05, 0) is 18.2 Å². The lowest BCUT2D eigenvalue weighted by Gasteiger charge is -2.11. The predicted molar refractivity (Wildman–Crippen MR) is 62.4 cm³/mol. The minimum atomic E-state index is -1.36. The standard InChI is InChI=1S/C10H9Cl2NO4/c11-6-1-5(2-7(12)3-6)9(15)13-8(4-14)10(16)17/h1-3,8,14H,4H2,(H,13,15)(H,16,17)/t8-/m1/s1. The molecule has 1 aromatic rings. The summed E-state index contributed by atoms with van der Waals surface area (Å²) in [5, 5.41) is 20.1. The number of carbonyl (C=O) groups is 2. The van der Waals surface area contributed by atoms with Gasteiger partial charge in [-0.25, -0.2) is 4.79 Å². The number of rotatable bonds is 4. The second kappa shape index (κ2) is 5.86. The van der Waals surface area contributed by atoms with E-state index in [0.717, 1.165) is 0 Å². The summed E-state index contributed by atoms with van der Waals surface area (Å²) in [4.78, 5) is 22.2. The SMILES string of the molecule is O=C(N[C@H](CO)C(=O)O)c1cc(Cl)cc(Cl)c1. The van der Waals surface area contributed by atoms with E-state index in [1.807, 2.05) is 0 Å². The minimum Gasteiger partial charge on any atom is -0.480 e. The van der Waals surface area contributed by atoms with Gasteiger partial charge in [0, 0.05) is 15.6 Å². The van der Waals surface area contributed by atoms with Gasteiger partial charge in [0.05, 0.1) is 6.61 Å². The molecule has 0 aliphatic rings. The third-order valence-electron chi connectivity index (χ3n) is 1.91. The molecule has 0 saturated heterocycles. The number of carbonyl (C=O) groups excluding carboxylic acids is 1. The Morgan fingerprint density at radius 1 is 1.24 bits per heavy atom. The first-order valence-electron chi connectivity index (χ1n) is 4.54. The van der Waals surface area contributed by atoms with Crippen molar-refractivity contribution in [1.29, 1.82) is 0 Å². The van der Waals surface area contributed by atoms with Gasteiger partial charge >= 0.3 is 5.97 Å². The Balaban J connectivity index is 2.86. The van der Waals surface area contributed by atoms with Crippen molar-refractivity contribution in [3.05, 3.63) is 33.8 Å². The average Bonchev–Trinajstić information content (AvgIpc) is 2.23. The van der Waals surface area contributed by atoms with Crippen molar-refractivity contribution in [3.63, 3.8) is 0 Å². The second-order valence-electron chi connectivity index (χ2n) is 3.20. The summed E-state index contributed by atoms with van der Waals surface area (Å²) in [7, 11) is 0. The van der Waals surface area contributed by atoms with E-state index < -0.39 is 24.5 Å². The number of nitrogens with one attached hydrogen (secondary N) is 1. The molecular formula is C10H9Cl2NO4. The van der Waals surface area contributed by atoms with Crippen molar-refractivity contribution < 1.29 is 19.8 Å². The van der Waals surface area contributed by atoms with E-state index in [-0.39, 0.29) is 15.6 Å². The van der Waals surface area contributed by atoms with Crippen molar-refractivity contribution in [3.8, 4) is 0 Å². The van der Waals surface area contributed by atoms with Gasteiger partial charge in [-0.3, -0.25) is 4.79 Å². The quantitative estimate of drug-likeness (QED) is 0.771. The molecule has 5 nitrogen and oxygen atoms in total. The highest BCUT2D eigenvalue weighted by Gasteiger charge is 2.19. The zero-order chi connectivity index (χ0) is 13.0. The molecule has 0 radical (unpaired) electrons. The molecular weight excluding hydrogens is 269 g/mol. The number of benzene rings is 1. The largest absolute Gasteiger partial charge is 0.480 e. The maximum absolute atomic E-state index is 11.6. The number of aliphatic hydroxyl groups is 1. The van der Waals surface area contributed by atoms with Gasteiger partial charge in [0.1, 0.15) is 0 Å². The lowest BCUT2D eigenvalue weighted by molar-refractivity contribution is -0.140. The van der Waals surface area contributed by atoms with Crippen LogP contribution < -0.4 is 5.32 Å². The van der Waals surface area contributed by atoms with Crippen molar-refractivity contribution >= 4 is 35.1 Å². The highest BCUT2D eigenvalue weighted by Crippen LogP contribution is 2.18. The molecule has 1 amide bonds. The van der Waals surface area contributed by atoms with Gasteiger partial charge < -0.3 is 15.5 Å². The molecule has 1 atom stereocenters. The summed E-state index contributed by atoms with van der Waals surface area (Å²) >= 11 is 11.4. The van der Waals surface area contributed by atoms with Gasteiger partial charge in [0.15, 0.2) is 6.04 Å². The van der Waals surface area contributed by atoms with Crippen LogP contribution in [0.15, 0.2) is 18.2 Å². The Bertz CT molecular complexity index is 430. The first kappa shape index (κ1) is 13.8. The normalized spacial score (nSPS) is 11.9. The Kier molecular flexibility index (Phi) is 4.74. The summed E-state index contributed by atoms with van der Waals surface area (Å²) in [6, 6.07) is 2.78. The zero-order valence-electron chi connectivity index (χ0n) is 8.48. The Labute approximate surface area is 107 Å². The van der Waals surface area contributed by atoms with Crippen LogP contribution in [0.3, 0.4) is 0 Å². The maximum Gasteiger partial charge on any atom is 0.328 e. The van der Waals surface area contributed by atoms with Crippen LogP contribution in [0.25, 0.3) is 0 Å². The van der Waals surface area contributed by atoms with Gasteiger partial charge in [-0.1, -0.05) is 23.2 Å². The van der Waals surface area contributed by atoms with Gasteiger partial charge in [-0.15, -0.1) is 0 Å². The van der Waals surface area contributed by atoms with Crippen molar-refractivity contribution in [1.82, 2.24) is 5.32 Å². The number of carboxylic acids is 1. The van der Waals surface area contributed by atoms with Crippen molar-refractivity contribution in [2.75, 3.05) is 6.61 Å². The summed E-state index contributed by atoms with van der Waals surface area (Å²) in [5.74, 6) is -2.00. The van der Waals surface area contributed by atoms with Crippen LogP contribution in [-0.2, 0) is 4.79 Å². The Morgan fingerprint density at radius 3 is 2.18 bits per heavy atom. The highest BCUT2D eigenvalue weighted by molar-refractivity contribution is 6.35. The van der Waals surface area contributed by atoms with Crippen LogP contribution in [0.4, 0.5) is 0 Å². The molecule has 0 saturated carbocycles. The number of hydrogen-bond donors (Lipinski definition) is 3. The van der Waals surface area contributed by atoms with E-state index in [0.29, 0.717) is 0 Å². The Morgan fingerprint density at radius 2 is 1.76 bits per heavy atom. The molecule has 92 valence electrons. The summed E-state index contributed by atoms with van der Waals surface area (Å²) in [5.41, 5.74) is 0.127. The topological polar surface area (TPSA) is 86.6 Å². The lowest BCUT2D eigenvalue weighted by atomic mass is 10.2. The van der Waals surface area contributed by atoms with Crippen LogP contribution in [0.2, 0.25) is 10.0 Å². The summed E-state index contributed by atoms with van der Waals surface area (Å²) in [6.45, 7) is -0.699. The van der Waals surface area contributed by atoms with E-state index >= 15 is 0 Å². The van der Waals surface area contributed by atoms with Crippen LogP contribution in [0.1, 0.15) is 10.4 Å². The molecule has 0 aliphatic heterocycles. The average molecular weight is 278 g/mol. The summed E-state index contributed by atoms with van der Waals surface area (Å²) in [6.07, 6.45) is 0.